The number of aliphatic hydroxyl groups excluding tert-OH is 1. The first-order chi connectivity index (χ1) is 8.96. The SMILES string of the molecule is CC1CCCC(CO)(Nc2cc(F)cc(F)c2N)C1. The van der Waals surface area contributed by atoms with E-state index in [0.717, 1.165) is 31.7 Å². The Hall–Kier alpha value is -1.36. The molecule has 2 unspecified atom stereocenters. The first-order valence-corrected chi connectivity index (χ1v) is 6.59. The van der Waals surface area contributed by atoms with Gasteiger partial charge in [0.15, 0.2) is 5.82 Å². The summed E-state index contributed by atoms with van der Waals surface area (Å²) in [6, 6.07) is 1.94. The summed E-state index contributed by atoms with van der Waals surface area (Å²) in [6.45, 7) is 2.04. The molecule has 1 aromatic rings. The Morgan fingerprint density at radius 3 is 2.84 bits per heavy atom. The second-order valence-corrected chi connectivity index (χ2v) is 5.61. The van der Waals surface area contributed by atoms with Gasteiger partial charge in [0.1, 0.15) is 5.82 Å². The van der Waals surface area contributed by atoms with Gasteiger partial charge < -0.3 is 16.2 Å². The number of nitrogens with two attached hydrogens (primary N) is 1. The zero-order chi connectivity index (χ0) is 14.0. The van der Waals surface area contributed by atoms with E-state index in [2.05, 4.69) is 12.2 Å². The molecule has 2 atom stereocenters. The third-order valence-corrected chi connectivity index (χ3v) is 3.89. The van der Waals surface area contributed by atoms with E-state index in [-0.39, 0.29) is 18.0 Å². The summed E-state index contributed by atoms with van der Waals surface area (Å²) in [7, 11) is 0. The molecule has 4 N–H and O–H groups in total. The van der Waals surface area contributed by atoms with Crippen molar-refractivity contribution in [1.29, 1.82) is 0 Å². The van der Waals surface area contributed by atoms with Gasteiger partial charge in [-0.1, -0.05) is 19.8 Å². The van der Waals surface area contributed by atoms with Crippen LogP contribution in [0.25, 0.3) is 0 Å². The van der Waals surface area contributed by atoms with Crippen LogP contribution in [0.15, 0.2) is 12.1 Å². The van der Waals surface area contributed by atoms with Crippen LogP contribution in [-0.2, 0) is 0 Å². The average molecular weight is 270 g/mol. The molecule has 1 fully saturated rings. The zero-order valence-electron chi connectivity index (χ0n) is 11.0. The second-order valence-electron chi connectivity index (χ2n) is 5.61. The highest BCUT2D eigenvalue weighted by molar-refractivity contribution is 5.67. The summed E-state index contributed by atoms with van der Waals surface area (Å²) < 4.78 is 26.7. The van der Waals surface area contributed by atoms with Gasteiger partial charge in [-0.3, -0.25) is 0 Å². The van der Waals surface area contributed by atoms with Crippen molar-refractivity contribution < 1.29 is 13.9 Å². The standard InChI is InChI=1S/C14H20F2N2O/c1-9-3-2-4-14(7-9,8-19)18-12-6-10(15)5-11(16)13(12)17/h5-6,9,18-19H,2-4,7-8,17H2,1H3. The van der Waals surface area contributed by atoms with Crippen LogP contribution >= 0.6 is 0 Å². The van der Waals surface area contributed by atoms with Gasteiger partial charge in [-0.15, -0.1) is 0 Å². The fourth-order valence-corrected chi connectivity index (χ4v) is 2.93. The maximum absolute atomic E-state index is 13.4. The van der Waals surface area contributed by atoms with Crippen LogP contribution in [0.2, 0.25) is 0 Å². The van der Waals surface area contributed by atoms with Crippen molar-refractivity contribution in [2.24, 2.45) is 5.92 Å². The minimum absolute atomic E-state index is 0.0745. The molecule has 1 aliphatic rings. The van der Waals surface area contributed by atoms with Crippen molar-refractivity contribution in [3.63, 3.8) is 0 Å². The topological polar surface area (TPSA) is 58.3 Å². The third kappa shape index (κ3) is 2.97. The predicted molar refractivity (Wildman–Crippen MR) is 71.8 cm³/mol. The Morgan fingerprint density at radius 1 is 1.47 bits per heavy atom. The van der Waals surface area contributed by atoms with E-state index in [9.17, 15) is 13.9 Å². The Kier molecular flexibility index (Phi) is 3.94. The molecule has 19 heavy (non-hydrogen) atoms. The molecule has 0 bridgehead atoms. The quantitative estimate of drug-likeness (QED) is 0.740. The van der Waals surface area contributed by atoms with E-state index in [1.165, 1.54) is 6.07 Å². The number of hydrogen-bond donors (Lipinski definition) is 3. The van der Waals surface area contributed by atoms with Crippen LogP contribution in [0.4, 0.5) is 20.2 Å². The molecule has 0 aromatic heterocycles. The fraction of sp³-hybridized carbons (Fsp3) is 0.571. The molecule has 0 aliphatic heterocycles. The highest BCUT2D eigenvalue weighted by Gasteiger charge is 2.35. The Morgan fingerprint density at radius 2 is 2.21 bits per heavy atom. The number of nitrogen functional groups attached to an aromatic ring is 1. The maximum Gasteiger partial charge on any atom is 0.151 e. The first-order valence-electron chi connectivity index (χ1n) is 6.59. The van der Waals surface area contributed by atoms with Gasteiger partial charge in [0, 0.05) is 6.07 Å². The van der Waals surface area contributed by atoms with Crippen LogP contribution in [0.5, 0.6) is 0 Å². The van der Waals surface area contributed by atoms with Crippen LogP contribution in [-0.4, -0.2) is 17.3 Å². The fourth-order valence-electron chi connectivity index (χ4n) is 2.93. The van der Waals surface area contributed by atoms with Crippen molar-refractivity contribution in [1.82, 2.24) is 0 Å². The summed E-state index contributed by atoms with van der Waals surface area (Å²) in [5, 5.41) is 12.7. The molecule has 1 aromatic carbocycles. The number of aliphatic hydroxyl groups is 1. The first kappa shape index (κ1) is 14.1. The lowest BCUT2D eigenvalue weighted by Gasteiger charge is -2.40. The molecule has 1 aliphatic carbocycles. The van der Waals surface area contributed by atoms with E-state index in [4.69, 9.17) is 5.73 Å². The lowest BCUT2D eigenvalue weighted by Crippen LogP contribution is -2.46. The van der Waals surface area contributed by atoms with E-state index < -0.39 is 17.2 Å². The van der Waals surface area contributed by atoms with Gasteiger partial charge in [-0.2, -0.15) is 0 Å². The maximum atomic E-state index is 13.4. The third-order valence-electron chi connectivity index (χ3n) is 3.89. The van der Waals surface area contributed by atoms with Crippen LogP contribution < -0.4 is 11.1 Å². The van der Waals surface area contributed by atoms with E-state index in [1.807, 2.05) is 0 Å². The molecule has 2 rings (SSSR count). The van der Waals surface area contributed by atoms with Gasteiger partial charge in [-0.25, -0.2) is 8.78 Å². The molecule has 0 heterocycles. The molecule has 0 spiro atoms. The van der Waals surface area contributed by atoms with E-state index in [0.29, 0.717) is 5.92 Å². The van der Waals surface area contributed by atoms with Crippen molar-refractivity contribution in [2.45, 2.75) is 38.1 Å². The molecule has 3 nitrogen and oxygen atoms in total. The normalized spacial score (nSPS) is 27.3. The minimum atomic E-state index is -0.778. The highest BCUT2D eigenvalue weighted by atomic mass is 19.1. The number of halogens is 2. The molecule has 5 heteroatoms. The minimum Gasteiger partial charge on any atom is -0.395 e. The lowest BCUT2D eigenvalue weighted by atomic mass is 9.76. The molecule has 1 saturated carbocycles. The average Bonchev–Trinajstić information content (AvgIpc) is 2.35. The van der Waals surface area contributed by atoms with Crippen LogP contribution in [0, 0.1) is 17.6 Å². The summed E-state index contributed by atoms with van der Waals surface area (Å²) in [5.41, 5.74) is 5.21. The van der Waals surface area contributed by atoms with Crippen molar-refractivity contribution in [3.05, 3.63) is 23.8 Å². The number of anilines is 2. The van der Waals surface area contributed by atoms with Gasteiger partial charge >= 0.3 is 0 Å². The summed E-state index contributed by atoms with van der Waals surface area (Å²) in [6.07, 6.45) is 3.62. The van der Waals surface area contributed by atoms with Crippen molar-refractivity contribution in [2.75, 3.05) is 17.7 Å². The highest BCUT2D eigenvalue weighted by Crippen LogP contribution is 2.36. The van der Waals surface area contributed by atoms with Crippen LogP contribution in [0.3, 0.4) is 0 Å². The molecule has 0 saturated heterocycles. The number of rotatable bonds is 3. The molecule has 0 radical (unpaired) electrons. The predicted octanol–water partition coefficient (Wildman–Crippen LogP) is 2.90. The number of benzene rings is 1. The molecular formula is C14H20F2N2O. The van der Waals surface area contributed by atoms with Gasteiger partial charge in [-0.05, 0) is 24.8 Å². The summed E-state index contributed by atoms with van der Waals surface area (Å²) >= 11 is 0. The summed E-state index contributed by atoms with van der Waals surface area (Å²) in [4.78, 5) is 0. The van der Waals surface area contributed by atoms with Gasteiger partial charge in [0.05, 0.1) is 23.5 Å². The van der Waals surface area contributed by atoms with E-state index in [1.54, 1.807) is 0 Å². The molecule has 106 valence electrons. The van der Waals surface area contributed by atoms with Gasteiger partial charge in [0.25, 0.3) is 0 Å². The van der Waals surface area contributed by atoms with Crippen molar-refractivity contribution >= 4 is 11.4 Å². The zero-order valence-corrected chi connectivity index (χ0v) is 11.0. The van der Waals surface area contributed by atoms with Crippen LogP contribution in [0.1, 0.15) is 32.6 Å². The smallest absolute Gasteiger partial charge is 0.151 e. The molecular weight excluding hydrogens is 250 g/mol. The largest absolute Gasteiger partial charge is 0.395 e. The second kappa shape index (κ2) is 5.33. The van der Waals surface area contributed by atoms with Gasteiger partial charge in [0.2, 0.25) is 0 Å². The Bertz CT molecular complexity index is 467. The Labute approximate surface area is 111 Å². The number of hydrogen-bond acceptors (Lipinski definition) is 3. The monoisotopic (exact) mass is 270 g/mol. The van der Waals surface area contributed by atoms with Crippen molar-refractivity contribution in [3.8, 4) is 0 Å². The number of nitrogens with one attached hydrogen (secondary N) is 1. The molecule has 0 amide bonds. The van der Waals surface area contributed by atoms with E-state index >= 15 is 0 Å². The lowest BCUT2D eigenvalue weighted by molar-refractivity contribution is 0.149. The Balaban J connectivity index is 2.27. The summed E-state index contributed by atoms with van der Waals surface area (Å²) in [5.74, 6) is -0.987.